The average Bonchev–Trinajstić information content (AvgIpc) is 3.25. The SMILES string of the molecule is COc1cccc(C23CCN(CCc4ccccc4)CC2Cc2c([nH]c4c(Br)cccc24)C3)c1. The van der Waals surface area contributed by atoms with Crippen molar-refractivity contribution in [3.05, 3.63) is 99.7 Å². The van der Waals surface area contributed by atoms with Gasteiger partial charge in [0.25, 0.3) is 0 Å². The number of hydrogen-bond donors (Lipinski definition) is 1. The van der Waals surface area contributed by atoms with Crippen LogP contribution in [-0.2, 0) is 24.7 Å². The van der Waals surface area contributed by atoms with E-state index in [0.717, 1.165) is 49.1 Å². The van der Waals surface area contributed by atoms with E-state index in [9.17, 15) is 0 Å². The van der Waals surface area contributed by atoms with Crippen LogP contribution in [0.3, 0.4) is 0 Å². The fourth-order valence-corrected chi connectivity index (χ4v) is 6.88. The van der Waals surface area contributed by atoms with Crippen molar-refractivity contribution in [2.45, 2.75) is 31.1 Å². The fraction of sp³-hybridized carbons (Fsp3) is 0.333. The molecule has 4 aromatic rings. The van der Waals surface area contributed by atoms with Gasteiger partial charge >= 0.3 is 0 Å². The van der Waals surface area contributed by atoms with Crippen LogP contribution in [0.15, 0.2) is 77.3 Å². The van der Waals surface area contributed by atoms with Gasteiger partial charge < -0.3 is 14.6 Å². The van der Waals surface area contributed by atoms with Gasteiger partial charge in [0, 0.05) is 34.1 Å². The van der Waals surface area contributed by atoms with Crippen molar-refractivity contribution >= 4 is 26.8 Å². The van der Waals surface area contributed by atoms with Crippen molar-refractivity contribution in [1.29, 1.82) is 0 Å². The van der Waals surface area contributed by atoms with Gasteiger partial charge in [-0.1, -0.05) is 54.6 Å². The van der Waals surface area contributed by atoms with Crippen LogP contribution >= 0.6 is 15.9 Å². The molecule has 1 aromatic heterocycles. The third-order valence-electron chi connectivity index (χ3n) is 8.26. The highest BCUT2D eigenvalue weighted by Gasteiger charge is 2.48. The van der Waals surface area contributed by atoms with Crippen molar-refractivity contribution < 1.29 is 4.74 Å². The molecular weight excluding hydrogens is 484 g/mol. The number of nitrogens with zero attached hydrogens (tertiary/aromatic N) is 1. The molecule has 174 valence electrons. The number of aromatic nitrogens is 1. The molecule has 3 aromatic carbocycles. The van der Waals surface area contributed by atoms with Gasteiger partial charge in [0.1, 0.15) is 5.75 Å². The number of piperidine rings is 1. The van der Waals surface area contributed by atoms with Crippen LogP contribution in [0.1, 0.15) is 28.8 Å². The van der Waals surface area contributed by atoms with Gasteiger partial charge in [-0.3, -0.25) is 0 Å². The zero-order valence-corrected chi connectivity index (χ0v) is 21.3. The van der Waals surface area contributed by atoms with Crippen molar-refractivity contribution in [3.63, 3.8) is 0 Å². The molecule has 3 nitrogen and oxygen atoms in total. The van der Waals surface area contributed by atoms with Gasteiger partial charge in [-0.2, -0.15) is 0 Å². The predicted octanol–water partition coefficient (Wildman–Crippen LogP) is 6.54. The lowest BCUT2D eigenvalue weighted by Crippen LogP contribution is -2.54. The Bertz CT molecular complexity index is 1310. The number of H-pyrrole nitrogens is 1. The number of rotatable bonds is 5. The second-order valence-electron chi connectivity index (χ2n) is 10.00. The zero-order chi connectivity index (χ0) is 23.1. The predicted molar refractivity (Wildman–Crippen MR) is 143 cm³/mol. The van der Waals surface area contributed by atoms with E-state index in [2.05, 4.69) is 98.6 Å². The van der Waals surface area contributed by atoms with E-state index in [1.165, 1.54) is 39.7 Å². The zero-order valence-electron chi connectivity index (χ0n) is 19.7. The van der Waals surface area contributed by atoms with Crippen LogP contribution < -0.4 is 4.74 Å². The summed E-state index contributed by atoms with van der Waals surface area (Å²) in [6.07, 6.45) is 4.47. The number of fused-ring (bicyclic) bond motifs is 4. The summed E-state index contributed by atoms with van der Waals surface area (Å²) in [7, 11) is 1.77. The summed E-state index contributed by atoms with van der Waals surface area (Å²) in [6, 6.07) is 26.3. The van der Waals surface area contributed by atoms with Crippen LogP contribution in [0.4, 0.5) is 0 Å². The number of para-hydroxylation sites is 1. The molecular formula is C30H31BrN2O. The van der Waals surface area contributed by atoms with E-state index in [0.29, 0.717) is 5.92 Å². The number of benzene rings is 3. The molecule has 2 atom stereocenters. The molecule has 2 heterocycles. The number of hydrogen-bond acceptors (Lipinski definition) is 2. The standard InChI is InChI=1S/C30H31BrN2O/c1-34-24-10-5-9-22(17-24)30-14-16-33(15-13-21-7-3-2-4-8-21)20-23(30)18-26-25-11-6-12-27(31)29(25)32-28(26)19-30/h2-12,17,23,32H,13-16,18-20H2,1H3. The van der Waals surface area contributed by atoms with E-state index < -0.39 is 0 Å². The molecule has 1 aliphatic carbocycles. The van der Waals surface area contributed by atoms with Crippen LogP contribution in [-0.4, -0.2) is 36.6 Å². The van der Waals surface area contributed by atoms with Crippen LogP contribution in [0.25, 0.3) is 10.9 Å². The molecule has 2 aliphatic rings. The minimum Gasteiger partial charge on any atom is -0.497 e. The molecule has 0 saturated carbocycles. The smallest absolute Gasteiger partial charge is 0.119 e. The monoisotopic (exact) mass is 514 g/mol. The number of aromatic amines is 1. The maximum Gasteiger partial charge on any atom is 0.119 e. The molecule has 0 bridgehead atoms. The van der Waals surface area contributed by atoms with Crippen molar-refractivity contribution in [2.24, 2.45) is 5.92 Å². The maximum atomic E-state index is 5.64. The lowest BCUT2D eigenvalue weighted by Gasteiger charge is -2.51. The Kier molecular flexibility index (Phi) is 5.74. The van der Waals surface area contributed by atoms with Gasteiger partial charge in [-0.15, -0.1) is 0 Å². The Balaban J connectivity index is 1.36. The van der Waals surface area contributed by atoms with Gasteiger partial charge in [0.05, 0.1) is 12.6 Å². The number of halogens is 1. The minimum absolute atomic E-state index is 0.137. The molecule has 1 fully saturated rings. The average molecular weight is 515 g/mol. The Morgan fingerprint density at radius 1 is 1.06 bits per heavy atom. The van der Waals surface area contributed by atoms with Crippen LogP contribution in [0.5, 0.6) is 5.75 Å². The quantitative estimate of drug-likeness (QED) is 0.327. The highest BCUT2D eigenvalue weighted by molar-refractivity contribution is 9.10. The normalized spacial score (nSPS) is 22.4. The van der Waals surface area contributed by atoms with Crippen molar-refractivity contribution in [3.8, 4) is 5.75 Å². The van der Waals surface area contributed by atoms with E-state index >= 15 is 0 Å². The lowest BCUT2D eigenvalue weighted by atomic mass is 9.58. The molecule has 0 amide bonds. The number of likely N-dealkylation sites (tertiary alicyclic amines) is 1. The lowest BCUT2D eigenvalue weighted by molar-refractivity contribution is 0.0822. The van der Waals surface area contributed by atoms with E-state index in [-0.39, 0.29) is 5.41 Å². The largest absolute Gasteiger partial charge is 0.497 e. The molecule has 2 unspecified atom stereocenters. The molecule has 1 aliphatic heterocycles. The minimum atomic E-state index is 0.137. The Morgan fingerprint density at radius 3 is 2.76 bits per heavy atom. The molecule has 4 heteroatoms. The number of nitrogens with one attached hydrogen (secondary N) is 1. The summed E-state index contributed by atoms with van der Waals surface area (Å²) in [5, 5.41) is 1.38. The van der Waals surface area contributed by atoms with Gasteiger partial charge in [0.2, 0.25) is 0 Å². The van der Waals surface area contributed by atoms with E-state index in [1.807, 2.05) is 0 Å². The second-order valence-corrected chi connectivity index (χ2v) is 10.9. The molecule has 0 radical (unpaired) electrons. The van der Waals surface area contributed by atoms with E-state index in [4.69, 9.17) is 4.74 Å². The Hall–Kier alpha value is -2.56. The number of methoxy groups -OCH3 is 1. The van der Waals surface area contributed by atoms with E-state index in [1.54, 1.807) is 7.11 Å². The summed E-state index contributed by atoms with van der Waals surface area (Å²) < 4.78 is 6.79. The third-order valence-corrected chi connectivity index (χ3v) is 8.92. The first-order valence-electron chi connectivity index (χ1n) is 12.3. The first kappa shape index (κ1) is 21.9. The maximum absolute atomic E-state index is 5.64. The second kappa shape index (κ2) is 8.90. The summed E-state index contributed by atoms with van der Waals surface area (Å²) in [5.41, 5.74) is 7.18. The fourth-order valence-electron chi connectivity index (χ4n) is 6.42. The van der Waals surface area contributed by atoms with Gasteiger partial charge in [-0.05, 0) is 89.0 Å². The first-order chi connectivity index (χ1) is 16.7. The van der Waals surface area contributed by atoms with Gasteiger partial charge in [-0.25, -0.2) is 0 Å². The highest BCUT2D eigenvalue weighted by atomic mass is 79.9. The summed E-state index contributed by atoms with van der Waals surface area (Å²) in [6.45, 7) is 3.41. The van der Waals surface area contributed by atoms with Crippen molar-refractivity contribution in [2.75, 3.05) is 26.7 Å². The summed E-state index contributed by atoms with van der Waals surface area (Å²) >= 11 is 3.77. The van der Waals surface area contributed by atoms with Crippen molar-refractivity contribution in [1.82, 2.24) is 9.88 Å². The number of ether oxygens (including phenoxy) is 1. The summed E-state index contributed by atoms with van der Waals surface area (Å²) in [4.78, 5) is 6.51. The molecule has 1 saturated heterocycles. The van der Waals surface area contributed by atoms with Gasteiger partial charge in [0.15, 0.2) is 0 Å². The summed E-state index contributed by atoms with van der Waals surface area (Å²) in [5.74, 6) is 1.54. The topological polar surface area (TPSA) is 28.3 Å². The first-order valence-corrected chi connectivity index (χ1v) is 13.1. The Labute approximate surface area is 210 Å². The molecule has 34 heavy (non-hydrogen) atoms. The molecule has 1 N–H and O–H groups in total. The molecule has 0 spiro atoms. The molecule has 6 rings (SSSR count). The third kappa shape index (κ3) is 3.77. The Morgan fingerprint density at radius 2 is 1.91 bits per heavy atom. The van der Waals surface area contributed by atoms with Crippen LogP contribution in [0, 0.1) is 5.92 Å². The highest BCUT2D eigenvalue weighted by Crippen LogP contribution is 2.50. The van der Waals surface area contributed by atoms with Crippen LogP contribution in [0.2, 0.25) is 0 Å².